The molecule has 2 aromatic carbocycles. The number of benzene rings is 2. The first-order valence-corrected chi connectivity index (χ1v) is 19.1. The Balaban J connectivity index is 1.38. The Kier molecular flexibility index (Phi) is 12.3. The first kappa shape index (κ1) is 39.8. The number of aliphatic hydroxyl groups excluding tert-OH is 1. The molecule has 0 saturated carbocycles. The molecule has 53 heavy (non-hydrogen) atoms. The van der Waals surface area contributed by atoms with E-state index in [1.165, 1.54) is 10.9 Å². The van der Waals surface area contributed by atoms with Crippen LogP contribution in [0.15, 0.2) is 67.0 Å². The second kappa shape index (κ2) is 16.3. The van der Waals surface area contributed by atoms with Crippen LogP contribution in [0.1, 0.15) is 72.1 Å². The summed E-state index contributed by atoms with van der Waals surface area (Å²) in [5.41, 5.74) is 4.92. The molecule has 4 aromatic rings. The Labute approximate surface area is 309 Å². The van der Waals surface area contributed by atoms with Gasteiger partial charge in [-0.2, -0.15) is 19.4 Å². The summed E-state index contributed by atoms with van der Waals surface area (Å²) in [5, 5.41) is 14.1. The highest BCUT2D eigenvalue weighted by Gasteiger charge is 2.50. The topological polar surface area (TPSA) is 173 Å². The van der Waals surface area contributed by atoms with Gasteiger partial charge in [-0.15, -0.1) is 6.42 Å². The van der Waals surface area contributed by atoms with Gasteiger partial charge in [-0.25, -0.2) is 9.55 Å². The number of carbonyl (C=O) groups excluding carboxylic acids is 1. The number of anilines is 1. The van der Waals surface area contributed by atoms with Crippen molar-refractivity contribution in [2.24, 2.45) is 10.8 Å². The van der Waals surface area contributed by atoms with Gasteiger partial charge >= 0.3 is 19.8 Å². The number of hydrogen-bond donors (Lipinski definition) is 3. The van der Waals surface area contributed by atoms with Gasteiger partial charge in [0.25, 0.3) is 0 Å². The molecule has 5 rings (SSSR count). The number of para-hydroxylation sites is 1. The van der Waals surface area contributed by atoms with Crippen molar-refractivity contribution >= 4 is 30.7 Å². The van der Waals surface area contributed by atoms with E-state index in [0.29, 0.717) is 6.42 Å². The number of carbonyl (C=O) groups is 1. The maximum Gasteiger partial charge on any atom is 0.459 e. The van der Waals surface area contributed by atoms with E-state index in [4.69, 9.17) is 30.7 Å². The number of esters is 1. The smallest absolute Gasteiger partial charge is 0.459 e. The van der Waals surface area contributed by atoms with E-state index in [0.717, 1.165) is 18.4 Å². The summed E-state index contributed by atoms with van der Waals surface area (Å²) < 4.78 is 54.1. The Morgan fingerprint density at radius 2 is 1.85 bits per heavy atom. The van der Waals surface area contributed by atoms with Gasteiger partial charge in [-0.05, 0) is 47.8 Å². The number of nitrogens with zero attached hydrogens (tertiary/aromatic N) is 4. The second-order valence-corrected chi connectivity index (χ2v) is 16.6. The predicted octanol–water partition coefficient (Wildman–Crippen LogP) is 6.39. The molecule has 1 unspecified atom stereocenters. The third-order valence-electron chi connectivity index (χ3n) is 9.52. The zero-order valence-electron chi connectivity index (χ0n) is 30.7. The van der Waals surface area contributed by atoms with Crippen LogP contribution in [0.25, 0.3) is 11.2 Å². The quantitative estimate of drug-likeness (QED) is 0.0471. The lowest BCUT2D eigenvalue weighted by atomic mass is 9.72. The Morgan fingerprint density at radius 3 is 2.51 bits per heavy atom. The van der Waals surface area contributed by atoms with Gasteiger partial charge in [0.2, 0.25) is 0 Å². The number of halogens is 1. The molecule has 1 fully saturated rings. The zero-order valence-corrected chi connectivity index (χ0v) is 31.6. The van der Waals surface area contributed by atoms with E-state index in [1.54, 1.807) is 30.3 Å². The predicted molar refractivity (Wildman–Crippen MR) is 198 cm³/mol. The fourth-order valence-corrected chi connectivity index (χ4v) is 8.01. The van der Waals surface area contributed by atoms with Gasteiger partial charge in [0, 0.05) is 6.42 Å². The summed E-state index contributed by atoms with van der Waals surface area (Å²) in [5.74, 6) is 1.81. The molecular formula is C38H48FN6O7P. The van der Waals surface area contributed by atoms with Crippen LogP contribution < -0.4 is 15.3 Å². The number of nitrogens with one attached hydrogen (secondary N) is 1. The molecule has 0 aliphatic carbocycles. The summed E-state index contributed by atoms with van der Waals surface area (Å²) in [6, 6.07) is 16.3. The lowest BCUT2D eigenvalue weighted by Crippen LogP contribution is -2.44. The largest absolute Gasteiger partial charge is 0.464 e. The maximum atomic E-state index is 14.7. The average molecular weight is 751 g/mol. The van der Waals surface area contributed by atoms with E-state index >= 15 is 0 Å². The van der Waals surface area contributed by atoms with Gasteiger partial charge in [-0.1, -0.05) is 95.5 Å². The highest BCUT2D eigenvalue weighted by molar-refractivity contribution is 7.52. The summed E-state index contributed by atoms with van der Waals surface area (Å²) in [6.45, 7) is 10.4. The average Bonchev–Trinajstić information content (AvgIpc) is 3.68. The van der Waals surface area contributed by atoms with Crippen LogP contribution in [0.2, 0.25) is 0 Å². The van der Waals surface area contributed by atoms with Crippen LogP contribution in [0.5, 0.6) is 5.75 Å². The molecule has 284 valence electrons. The number of fused-ring (bicyclic) bond motifs is 1. The maximum absolute atomic E-state index is 14.7. The number of terminal acetylenes is 1. The molecule has 0 amide bonds. The highest BCUT2D eigenvalue weighted by Crippen LogP contribution is 2.48. The van der Waals surface area contributed by atoms with Crippen LogP contribution in [0.3, 0.4) is 0 Å². The minimum Gasteiger partial charge on any atom is -0.464 e. The van der Waals surface area contributed by atoms with Gasteiger partial charge in [0.15, 0.2) is 22.6 Å². The summed E-state index contributed by atoms with van der Waals surface area (Å²) >= 11 is 0. The SMILES string of the molecule is C#C[C@]1(COP(=O)(N[C@@H](Cc2ccccc2)C(=O)OCCC(C)(C)CC(C)(C)CC)Oc2ccccc2)O[C@@H](n2cnc3c(N)nc(F)nc32)C[C@@H]1O. The van der Waals surface area contributed by atoms with Gasteiger partial charge < -0.3 is 24.8 Å². The minimum atomic E-state index is -4.50. The van der Waals surface area contributed by atoms with Crippen LogP contribution in [-0.2, 0) is 29.8 Å². The van der Waals surface area contributed by atoms with Crippen molar-refractivity contribution < 1.29 is 37.4 Å². The summed E-state index contributed by atoms with van der Waals surface area (Å²) in [7, 11) is -4.50. The van der Waals surface area contributed by atoms with Gasteiger partial charge in [0.05, 0.1) is 12.9 Å². The fourth-order valence-electron chi connectivity index (χ4n) is 6.50. The summed E-state index contributed by atoms with van der Waals surface area (Å²) in [6.07, 6.45) is 6.42. The number of aliphatic hydroxyl groups is 1. The Hall–Kier alpha value is -4.38. The second-order valence-electron chi connectivity index (χ2n) is 14.9. The highest BCUT2D eigenvalue weighted by atomic mass is 31.2. The van der Waals surface area contributed by atoms with E-state index in [2.05, 4.69) is 60.6 Å². The van der Waals surface area contributed by atoms with Crippen LogP contribution in [0, 0.1) is 29.3 Å². The molecule has 0 radical (unpaired) electrons. The van der Waals surface area contributed by atoms with Crippen molar-refractivity contribution in [1.82, 2.24) is 24.6 Å². The number of aromatic nitrogens is 4. The first-order valence-electron chi connectivity index (χ1n) is 17.5. The van der Waals surface area contributed by atoms with Crippen molar-refractivity contribution in [3.8, 4) is 18.1 Å². The van der Waals surface area contributed by atoms with E-state index in [9.17, 15) is 18.9 Å². The summed E-state index contributed by atoms with van der Waals surface area (Å²) in [4.78, 5) is 25.2. The molecular weight excluding hydrogens is 702 g/mol. The van der Waals surface area contributed by atoms with E-state index < -0.39 is 50.4 Å². The number of imidazole rings is 1. The molecule has 13 nitrogen and oxygen atoms in total. The molecule has 1 aliphatic rings. The fraction of sp³-hybridized carbons (Fsp3) is 0.474. The van der Waals surface area contributed by atoms with Crippen molar-refractivity contribution in [2.45, 2.75) is 90.7 Å². The normalized spacial score (nSPS) is 20.8. The third kappa shape index (κ3) is 9.99. The van der Waals surface area contributed by atoms with E-state index in [1.807, 2.05) is 30.3 Å². The molecule has 5 atom stereocenters. The zero-order chi connectivity index (χ0) is 38.4. The molecule has 0 spiro atoms. The Morgan fingerprint density at radius 1 is 1.17 bits per heavy atom. The number of ether oxygens (including phenoxy) is 2. The molecule has 0 bridgehead atoms. The van der Waals surface area contributed by atoms with Crippen molar-refractivity contribution in [1.29, 1.82) is 0 Å². The molecule has 15 heteroatoms. The van der Waals surface area contributed by atoms with Crippen molar-refractivity contribution in [3.05, 3.63) is 78.6 Å². The monoisotopic (exact) mass is 750 g/mol. The number of hydrogen-bond acceptors (Lipinski definition) is 11. The number of nitrogens with two attached hydrogens (primary N) is 1. The molecule has 1 saturated heterocycles. The minimum absolute atomic E-state index is 0.0282. The molecule has 3 heterocycles. The molecule has 1 aliphatic heterocycles. The standard InChI is InChI=1S/C38H48FN6O7P/c1-7-36(3,4)23-37(5,6)19-20-49-34(47)28(21-26-15-11-9-12-16-26)44-53(48,52-27-17-13-10-14-18-27)50-24-38(8-2)29(46)22-30(51-38)45-25-41-31-32(40)42-35(39)43-33(31)45/h2,9-18,25,28-30,46H,7,19-24H2,1,3-6H3,(H,44,48)(H2,40,42,43)/t28-,29-,30+,38+,53?/m0/s1. The van der Waals surface area contributed by atoms with Crippen LogP contribution in [-0.4, -0.2) is 61.6 Å². The lowest BCUT2D eigenvalue weighted by molar-refractivity contribution is -0.146. The van der Waals surface area contributed by atoms with Crippen molar-refractivity contribution in [2.75, 3.05) is 18.9 Å². The van der Waals surface area contributed by atoms with Crippen molar-refractivity contribution in [3.63, 3.8) is 0 Å². The van der Waals surface area contributed by atoms with Crippen LogP contribution >= 0.6 is 7.75 Å². The first-order chi connectivity index (χ1) is 25.1. The van der Waals surface area contributed by atoms with Gasteiger partial charge in [0.1, 0.15) is 30.7 Å². The van der Waals surface area contributed by atoms with E-state index in [-0.39, 0.29) is 53.0 Å². The Bertz CT molecular complexity index is 1950. The lowest BCUT2D eigenvalue weighted by Gasteiger charge is -2.34. The third-order valence-corrected chi connectivity index (χ3v) is 11.1. The molecule has 4 N–H and O–H groups in total. The number of nitrogen functional groups attached to an aromatic ring is 1. The van der Waals surface area contributed by atoms with Crippen LogP contribution in [0.4, 0.5) is 10.2 Å². The van der Waals surface area contributed by atoms with Gasteiger partial charge in [-0.3, -0.25) is 13.9 Å². The number of rotatable bonds is 17. The molecule has 2 aromatic heterocycles.